The number of amides is 1. The van der Waals surface area contributed by atoms with Gasteiger partial charge in [-0.05, 0) is 36.8 Å². The average Bonchev–Trinajstić information content (AvgIpc) is 3.17. The van der Waals surface area contributed by atoms with E-state index in [0.717, 1.165) is 11.1 Å². The molecule has 0 radical (unpaired) electrons. The van der Waals surface area contributed by atoms with Gasteiger partial charge in [0.15, 0.2) is 6.61 Å². The van der Waals surface area contributed by atoms with Crippen molar-refractivity contribution in [1.29, 1.82) is 0 Å². The molecule has 1 heterocycles. The third-order valence-electron chi connectivity index (χ3n) is 4.44. The number of aromatic nitrogens is 2. The first kappa shape index (κ1) is 21.0. The number of methoxy groups -OCH3 is 1. The summed E-state index contributed by atoms with van der Waals surface area (Å²) in [5, 5.41) is 6.66. The second-order valence-electron chi connectivity index (χ2n) is 6.76. The molecule has 0 aliphatic heterocycles. The van der Waals surface area contributed by atoms with E-state index in [1.165, 1.54) is 7.11 Å². The number of ether oxygens (including phenoxy) is 2. The normalized spacial score (nSPS) is 11.6. The maximum Gasteiger partial charge on any atom is 0.307 e. The van der Waals surface area contributed by atoms with Crippen LogP contribution in [0.5, 0.6) is 5.75 Å². The second-order valence-corrected chi connectivity index (χ2v) is 6.76. The largest absolute Gasteiger partial charge is 0.485 e. The number of rotatable bonds is 8. The molecule has 8 nitrogen and oxygen atoms in total. The number of hydrogen-bond donors (Lipinski definition) is 1. The number of benzene rings is 2. The van der Waals surface area contributed by atoms with E-state index in [9.17, 15) is 9.59 Å². The standard InChI is InChI=1S/C22H23N3O5/c1-14-4-6-16(7-5-14)19(12-21(26)28-3)24-22(27)17-8-10-18(11-9-17)29-13-20-23-15(2)30-25-20/h4-11,19H,12-13H2,1-3H3,(H,24,27). The molecule has 3 rings (SSSR count). The van der Waals surface area contributed by atoms with Crippen molar-refractivity contribution in [3.63, 3.8) is 0 Å². The molecule has 1 N–H and O–H groups in total. The minimum atomic E-state index is -0.497. The van der Waals surface area contributed by atoms with Crippen LogP contribution in [0.25, 0.3) is 0 Å². The summed E-state index contributed by atoms with van der Waals surface area (Å²) >= 11 is 0. The third-order valence-corrected chi connectivity index (χ3v) is 4.44. The van der Waals surface area contributed by atoms with E-state index in [2.05, 4.69) is 15.5 Å². The van der Waals surface area contributed by atoms with Crippen molar-refractivity contribution < 1.29 is 23.6 Å². The summed E-state index contributed by atoms with van der Waals surface area (Å²) in [6.45, 7) is 3.84. The van der Waals surface area contributed by atoms with Gasteiger partial charge >= 0.3 is 5.97 Å². The summed E-state index contributed by atoms with van der Waals surface area (Å²) in [5.41, 5.74) is 2.36. The highest BCUT2D eigenvalue weighted by molar-refractivity contribution is 5.94. The molecule has 0 fully saturated rings. The Labute approximate surface area is 174 Å². The minimum absolute atomic E-state index is 0.0383. The Morgan fingerprint density at radius 3 is 2.37 bits per heavy atom. The topological polar surface area (TPSA) is 104 Å². The first-order valence-corrected chi connectivity index (χ1v) is 9.41. The molecule has 8 heteroatoms. The Balaban J connectivity index is 1.65. The van der Waals surface area contributed by atoms with Crippen molar-refractivity contribution in [1.82, 2.24) is 15.5 Å². The fourth-order valence-corrected chi connectivity index (χ4v) is 2.79. The molecule has 156 valence electrons. The van der Waals surface area contributed by atoms with Crippen molar-refractivity contribution in [3.8, 4) is 5.75 Å². The van der Waals surface area contributed by atoms with Gasteiger partial charge in [0.25, 0.3) is 5.91 Å². The van der Waals surface area contributed by atoms with Gasteiger partial charge in [-0.15, -0.1) is 0 Å². The number of aryl methyl sites for hydroxylation is 2. The highest BCUT2D eigenvalue weighted by atomic mass is 16.5. The smallest absolute Gasteiger partial charge is 0.307 e. The van der Waals surface area contributed by atoms with Crippen molar-refractivity contribution in [2.45, 2.75) is 32.9 Å². The van der Waals surface area contributed by atoms with Crippen molar-refractivity contribution >= 4 is 11.9 Å². The lowest BCUT2D eigenvalue weighted by Gasteiger charge is -2.18. The molecule has 2 aromatic carbocycles. The van der Waals surface area contributed by atoms with Gasteiger partial charge in [-0.2, -0.15) is 4.98 Å². The van der Waals surface area contributed by atoms with Gasteiger partial charge in [-0.25, -0.2) is 0 Å². The number of esters is 1. The van der Waals surface area contributed by atoms with Gasteiger partial charge in [0.1, 0.15) is 5.75 Å². The molecular weight excluding hydrogens is 386 g/mol. The lowest BCUT2D eigenvalue weighted by molar-refractivity contribution is -0.141. The van der Waals surface area contributed by atoms with Crippen LogP contribution in [0.15, 0.2) is 53.1 Å². The maximum absolute atomic E-state index is 12.7. The fourth-order valence-electron chi connectivity index (χ4n) is 2.79. The fraction of sp³-hybridized carbons (Fsp3) is 0.273. The lowest BCUT2D eigenvalue weighted by atomic mass is 10.0. The van der Waals surface area contributed by atoms with E-state index in [1.54, 1.807) is 31.2 Å². The highest BCUT2D eigenvalue weighted by Crippen LogP contribution is 2.20. The van der Waals surface area contributed by atoms with Crippen LogP contribution in [0, 0.1) is 13.8 Å². The average molecular weight is 409 g/mol. The third kappa shape index (κ3) is 5.66. The van der Waals surface area contributed by atoms with E-state index >= 15 is 0 Å². The molecule has 0 bridgehead atoms. The molecule has 0 aliphatic carbocycles. The van der Waals surface area contributed by atoms with Gasteiger partial charge in [0, 0.05) is 12.5 Å². The van der Waals surface area contributed by atoms with E-state index in [4.69, 9.17) is 14.0 Å². The predicted molar refractivity (Wildman–Crippen MR) is 108 cm³/mol. The van der Waals surface area contributed by atoms with Crippen molar-refractivity contribution in [3.05, 3.63) is 76.9 Å². The minimum Gasteiger partial charge on any atom is -0.485 e. The van der Waals surface area contributed by atoms with E-state index in [-0.39, 0.29) is 18.9 Å². The quantitative estimate of drug-likeness (QED) is 0.569. The second kappa shape index (κ2) is 9.69. The molecule has 0 aliphatic rings. The van der Waals surface area contributed by atoms with E-state index in [0.29, 0.717) is 23.0 Å². The Bertz CT molecular complexity index is 996. The summed E-state index contributed by atoms with van der Waals surface area (Å²) in [6, 6.07) is 13.8. The number of carbonyl (C=O) groups excluding carboxylic acids is 2. The zero-order valence-corrected chi connectivity index (χ0v) is 17.0. The monoisotopic (exact) mass is 409 g/mol. The van der Waals surface area contributed by atoms with Crippen LogP contribution in [-0.2, 0) is 16.1 Å². The van der Waals surface area contributed by atoms with Crippen LogP contribution in [0.4, 0.5) is 0 Å². The molecule has 0 saturated heterocycles. The Morgan fingerprint density at radius 2 is 1.77 bits per heavy atom. The molecule has 0 saturated carbocycles. The Hall–Kier alpha value is -3.68. The molecule has 1 atom stereocenters. The van der Waals surface area contributed by atoms with Crippen LogP contribution in [0.1, 0.15) is 45.7 Å². The SMILES string of the molecule is COC(=O)CC(NC(=O)c1ccc(OCc2noc(C)n2)cc1)c1ccc(C)cc1. The van der Waals surface area contributed by atoms with Gasteiger partial charge in [-0.3, -0.25) is 9.59 Å². The molecule has 30 heavy (non-hydrogen) atoms. The first-order valence-electron chi connectivity index (χ1n) is 9.41. The zero-order chi connectivity index (χ0) is 21.5. The number of hydrogen-bond acceptors (Lipinski definition) is 7. The summed E-state index contributed by atoms with van der Waals surface area (Å²) in [5.74, 6) is 0.776. The van der Waals surface area contributed by atoms with Crippen LogP contribution >= 0.6 is 0 Å². The maximum atomic E-state index is 12.7. The summed E-state index contributed by atoms with van der Waals surface area (Å²) in [6.07, 6.45) is 0.0383. The van der Waals surface area contributed by atoms with Crippen LogP contribution in [0.2, 0.25) is 0 Å². The van der Waals surface area contributed by atoms with E-state index in [1.807, 2.05) is 31.2 Å². The molecule has 1 aromatic heterocycles. The highest BCUT2D eigenvalue weighted by Gasteiger charge is 2.20. The molecule has 1 unspecified atom stereocenters. The van der Waals surface area contributed by atoms with Crippen LogP contribution in [-0.4, -0.2) is 29.1 Å². The van der Waals surface area contributed by atoms with Gasteiger partial charge < -0.3 is 19.3 Å². The zero-order valence-electron chi connectivity index (χ0n) is 17.0. The number of nitrogens with one attached hydrogen (secondary N) is 1. The van der Waals surface area contributed by atoms with Crippen LogP contribution < -0.4 is 10.1 Å². The molecule has 3 aromatic rings. The van der Waals surface area contributed by atoms with Gasteiger partial charge in [0.05, 0.1) is 19.6 Å². The first-order chi connectivity index (χ1) is 14.4. The lowest BCUT2D eigenvalue weighted by Crippen LogP contribution is -2.30. The van der Waals surface area contributed by atoms with Crippen LogP contribution in [0.3, 0.4) is 0 Å². The summed E-state index contributed by atoms with van der Waals surface area (Å²) in [7, 11) is 1.32. The predicted octanol–water partition coefficient (Wildman–Crippen LogP) is 3.30. The Morgan fingerprint density at radius 1 is 1.07 bits per heavy atom. The Kier molecular flexibility index (Phi) is 6.79. The van der Waals surface area contributed by atoms with Crippen molar-refractivity contribution in [2.24, 2.45) is 0 Å². The van der Waals surface area contributed by atoms with E-state index < -0.39 is 12.0 Å². The molecular formula is C22H23N3O5. The number of nitrogens with zero attached hydrogens (tertiary/aromatic N) is 2. The summed E-state index contributed by atoms with van der Waals surface area (Å²) in [4.78, 5) is 28.6. The molecule has 1 amide bonds. The molecule has 0 spiro atoms. The number of carbonyl (C=O) groups is 2. The van der Waals surface area contributed by atoms with Gasteiger partial charge in [-0.1, -0.05) is 35.0 Å². The summed E-state index contributed by atoms with van der Waals surface area (Å²) < 4.78 is 15.3. The van der Waals surface area contributed by atoms with Crippen molar-refractivity contribution in [2.75, 3.05) is 7.11 Å². The van der Waals surface area contributed by atoms with Gasteiger partial charge in [0.2, 0.25) is 11.7 Å².